The number of carbonyl (C=O) groups is 3. The van der Waals surface area contributed by atoms with E-state index in [-0.39, 0.29) is 24.3 Å². The SMILES string of the molecule is Cc1cccc(C)c1NC(=O)C1N(CCCCCCO)C(=O)[C@@H]2[C@@H](C(=O)NCc3ccccc3)[C@@]3(C)CCC12O3. The molecule has 0 aliphatic carbocycles. The highest BCUT2D eigenvalue weighted by Gasteiger charge is 2.77. The van der Waals surface area contributed by atoms with Gasteiger partial charge in [0.2, 0.25) is 17.7 Å². The fourth-order valence-electron chi connectivity index (χ4n) is 7.21. The van der Waals surface area contributed by atoms with Gasteiger partial charge in [-0.15, -0.1) is 0 Å². The van der Waals surface area contributed by atoms with E-state index in [2.05, 4.69) is 10.6 Å². The van der Waals surface area contributed by atoms with Crippen molar-refractivity contribution >= 4 is 23.4 Å². The number of nitrogens with zero attached hydrogens (tertiary/aromatic N) is 1. The summed E-state index contributed by atoms with van der Waals surface area (Å²) in [5.74, 6) is -2.03. The molecule has 5 rings (SSSR count). The van der Waals surface area contributed by atoms with Gasteiger partial charge in [0.05, 0.1) is 17.4 Å². The molecule has 5 atom stereocenters. The second kappa shape index (κ2) is 11.3. The number of ether oxygens (including phenoxy) is 1. The quantitative estimate of drug-likeness (QED) is 0.370. The van der Waals surface area contributed by atoms with Crippen LogP contribution in [0.2, 0.25) is 0 Å². The van der Waals surface area contributed by atoms with Crippen molar-refractivity contribution in [2.75, 3.05) is 18.5 Å². The van der Waals surface area contributed by atoms with Crippen molar-refractivity contribution in [3.63, 3.8) is 0 Å². The molecule has 2 bridgehead atoms. The van der Waals surface area contributed by atoms with Gasteiger partial charge in [-0.25, -0.2) is 0 Å². The number of rotatable bonds is 11. The van der Waals surface area contributed by atoms with Gasteiger partial charge in [-0.05, 0) is 63.1 Å². The van der Waals surface area contributed by atoms with E-state index >= 15 is 0 Å². The number of amides is 3. The topological polar surface area (TPSA) is 108 Å². The number of aliphatic hydroxyl groups is 1. The monoisotopic (exact) mass is 547 g/mol. The molecule has 214 valence electrons. The van der Waals surface area contributed by atoms with E-state index in [1.54, 1.807) is 4.90 Å². The Balaban J connectivity index is 1.44. The summed E-state index contributed by atoms with van der Waals surface area (Å²) in [4.78, 5) is 43.7. The normalized spacial score (nSPS) is 28.6. The number of hydrogen-bond donors (Lipinski definition) is 3. The van der Waals surface area contributed by atoms with Gasteiger partial charge in [0.1, 0.15) is 11.6 Å². The number of fused-ring (bicyclic) bond motifs is 1. The summed E-state index contributed by atoms with van der Waals surface area (Å²) in [5.41, 5.74) is 1.76. The van der Waals surface area contributed by atoms with Crippen molar-refractivity contribution in [1.82, 2.24) is 10.2 Å². The molecule has 2 aromatic carbocycles. The first-order chi connectivity index (χ1) is 19.2. The van der Waals surface area contributed by atoms with Gasteiger partial charge in [-0.3, -0.25) is 14.4 Å². The number of nitrogens with one attached hydrogen (secondary N) is 2. The second-order valence-electron chi connectivity index (χ2n) is 11.9. The summed E-state index contributed by atoms with van der Waals surface area (Å²) in [6.45, 7) is 6.74. The molecule has 3 aliphatic rings. The average Bonchev–Trinajstić information content (AvgIpc) is 3.50. The maximum Gasteiger partial charge on any atom is 0.250 e. The molecule has 2 aromatic rings. The minimum atomic E-state index is -1.05. The average molecular weight is 548 g/mol. The number of unbranched alkanes of at least 4 members (excludes halogenated alkanes) is 3. The number of aryl methyl sites for hydroxylation is 2. The number of carbonyl (C=O) groups excluding carboxylic acids is 3. The van der Waals surface area contributed by atoms with Crippen molar-refractivity contribution < 1.29 is 24.2 Å². The van der Waals surface area contributed by atoms with E-state index in [1.807, 2.05) is 69.3 Å². The highest BCUT2D eigenvalue weighted by atomic mass is 16.5. The van der Waals surface area contributed by atoms with Crippen molar-refractivity contribution in [1.29, 1.82) is 0 Å². The summed E-state index contributed by atoms with van der Waals surface area (Å²) >= 11 is 0. The first-order valence-corrected chi connectivity index (χ1v) is 14.5. The lowest BCUT2D eigenvalue weighted by Crippen LogP contribution is -2.53. The predicted octanol–water partition coefficient (Wildman–Crippen LogP) is 3.88. The molecule has 40 heavy (non-hydrogen) atoms. The van der Waals surface area contributed by atoms with Crippen LogP contribution in [0.4, 0.5) is 5.69 Å². The Kier molecular flexibility index (Phi) is 8.02. The zero-order valence-electron chi connectivity index (χ0n) is 23.7. The Morgan fingerprint density at radius 3 is 2.38 bits per heavy atom. The van der Waals surface area contributed by atoms with Crippen molar-refractivity contribution in [3.05, 3.63) is 65.2 Å². The molecule has 3 amide bonds. The van der Waals surface area contributed by atoms with Crippen molar-refractivity contribution in [2.24, 2.45) is 11.8 Å². The maximum absolute atomic E-state index is 14.2. The predicted molar refractivity (Wildman–Crippen MR) is 152 cm³/mol. The molecule has 0 radical (unpaired) electrons. The number of aliphatic hydroxyl groups excluding tert-OH is 1. The van der Waals surface area contributed by atoms with Gasteiger partial charge in [0, 0.05) is 25.4 Å². The molecule has 3 aliphatic heterocycles. The third-order valence-corrected chi connectivity index (χ3v) is 9.15. The Morgan fingerprint density at radius 1 is 0.975 bits per heavy atom. The van der Waals surface area contributed by atoms with Crippen molar-refractivity contribution in [3.8, 4) is 0 Å². The van der Waals surface area contributed by atoms with Gasteiger partial charge in [0.25, 0.3) is 0 Å². The standard InChI is InChI=1S/C32H41N3O5/c1-21-12-11-13-22(2)26(21)34-29(38)27-32-17-16-31(3,40-32)24(28(37)33-20-23-14-7-6-8-15-23)25(32)30(39)35(27)18-9-4-5-10-19-36/h6-8,11-15,24-25,27,36H,4-5,9-10,16-20H2,1-3H3,(H,33,37)(H,34,38)/t24-,25-,27?,31+,32?/m0/s1. The molecule has 8 heteroatoms. The van der Waals surface area contributed by atoms with E-state index < -0.39 is 29.1 Å². The van der Waals surface area contributed by atoms with Crippen LogP contribution in [0.1, 0.15) is 62.1 Å². The summed E-state index contributed by atoms with van der Waals surface area (Å²) in [6, 6.07) is 14.7. The van der Waals surface area contributed by atoms with E-state index in [0.29, 0.717) is 38.8 Å². The maximum atomic E-state index is 14.2. The minimum absolute atomic E-state index is 0.140. The van der Waals surface area contributed by atoms with Gasteiger partial charge in [-0.1, -0.05) is 61.4 Å². The molecule has 8 nitrogen and oxygen atoms in total. The van der Waals surface area contributed by atoms with Crippen LogP contribution in [0.5, 0.6) is 0 Å². The van der Waals surface area contributed by atoms with Crippen LogP contribution in [0.25, 0.3) is 0 Å². The van der Waals surface area contributed by atoms with E-state index in [1.165, 1.54) is 0 Å². The summed E-state index contributed by atoms with van der Waals surface area (Å²) < 4.78 is 6.72. The summed E-state index contributed by atoms with van der Waals surface area (Å²) in [5, 5.41) is 15.3. The molecule has 3 heterocycles. The van der Waals surface area contributed by atoms with Crippen LogP contribution in [0.3, 0.4) is 0 Å². The summed E-state index contributed by atoms with van der Waals surface area (Å²) in [6.07, 6.45) is 4.27. The van der Waals surface area contributed by atoms with Gasteiger partial charge in [0.15, 0.2) is 0 Å². The number of anilines is 1. The van der Waals surface area contributed by atoms with Gasteiger partial charge < -0.3 is 25.4 Å². The third kappa shape index (κ3) is 4.92. The van der Waals surface area contributed by atoms with E-state index in [4.69, 9.17) is 9.84 Å². The number of likely N-dealkylation sites (tertiary alicyclic amines) is 1. The molecule has 0 aromatic heterocycles. The summed E-state index contributed by atoms with van der Waals surface area (Å²) in [7, 11) is 0. The van der Waals surface area contributed by atoms with E-state index in [0.717, 1.165) is 35.2 Å². The highest BCUT2D eigenvalue weighted by molar-refractivity contribution is 6.04. The Morgan fingerprint density at radius 2 is 1.68 bits per heavy atom. The fourth-order valence-corrected chi connectivity index (χ4v) is 7.21. The van der Waals surface area contributed by atoms with Gasteiger partial charge in [-0.2, -0.15) is 0 Å². The van der Waals surface area contributed by atoms with Gasteiger partial charge >= 0.3 is 0 Å². The Bertz CT molecular complexity index is 1250. The fraction of sp³-hybridized carbons (Fsp3) is 0.531. The number of hydrogen-bond acceptors (Lipinski definition) is 5. The molecule has 1 spiro atoms. The lowest BCUT2D eigenvalue weighted by molar-refractivity contribution is -0.144. The molecular weight excluding hydrogens is 506 g/mol. The molecule has 3 fully saturated rings. The van der Waals surface area contributed by atoms with Crippen LogP contribution >= 0.6 is 0 Å². The minimum Gasteiger partial charge on any atom is -0.396 e. The Hall–Kier alpha value is -3.23. The van der Waals surface area contributed by atoms with Crippen LogP contribution < -0.4 is 10.6 Å². The van der Waals surface area contributed by atoms with E-state index in [9.17, 15) is 14.4 Å². The molecular formula is C32H41N3O5. The second-order valence-corrected chi connectivity index (χ2v) is 11.9. The lowest BCUT2D eigenvalue weighted by atomic mass is 9.66. The first kappa shape index (κ1) is 28.3. The first-order valence-electron chi connectivity index (χ1n) is 14.5. The molecule has 0 saturated carbocycles. The smallest absolute Gasteiger partial charge is 0.250 e. The highest BCUT2D eigenvalue weighted by Crippen LogP contribution is 2.63. The van der Waals surface area contributed by atoms with Crippen molar-refractivity contribution in [2.45, 2.75) is 83.1 Å². The lowest BCUT2D eigenvalue weighted by Gasteiger charge is -2.33. The molecule has 3 N–H and O–H groups in total. The zero-order chi connectivity index (χ0) is 28.5. The molecule has 2 unspecified atom stereocenters. The van der Waals surface area contributed by atoms with Crippen LogP contribution in [-0.2, 0) is 25.7 Å². The number of para-hydroxylation sites is 1. The largest absolute Gasteiger partial charge is 0.396 e. The van der Waals surface area contributed by atoms with Crippen LogP contribution in [-0.4, -0.2) is 58.1 Å². The molecule has 3 saturated heterocycles. The number of benzene rings is 2. The third-order valence-electron chi connectivity index (χ3n) is 9.15. The van der Waals surface area contributed by atoms with Crippen LogP contribution in [0, 0.1) is 25.7 Å². The zero-order valence-corrected chi connectivity index (χ0v) is 23.7. The van der Waals surface area contributed by atoms with Crippen LogP contribution in [0.15, 0.2) is 48.5 Å². The Labute approximate surface area is 236 Å².